The van der Waals surface area contributed by atoms with E-state index in [1.807, 2.05) is 35.9 Å². The van der Waals surface area contributed by atoms with E-state index in [9.17, 15) is 0 Å². The van der Waals surface area contributed by atoms with Crippen molar-refractivity contribution in [1.82, 2.24) is 19.1 Å². The van der Waals surface area contributed by atoms with E-state index in [1.165, 1.54) is 63.9 Å². The van der Waals surface area contributed by atoms with E-state index in [-0.39, 0.29) is 5.41 Å². The first-order chi connectivity index (χ1) is 24.1. The van der Waals surface area contributed by atoms with Crippen molar-refractivity contribution in [3.05, 3.63) is 145 Å². The quantitative estimate of drug-likeness (QED) is 0.191. The smallest absolute Gasteiger partial charge is 0.141 e. The van der Waals surface area contributed by atoms with Crippen molar-refractivity contribution < 1.29 is 4.74 Å². The van der Waals surface area contributed by atoms with Crippen molar-refractivity contribution in [1.29, 1.82) is 0 Å². The van der Waals surface area contributed by atoms with Gasteiger partial charge >= 0.3 is 0 Å². The van der Waals surface area contributed by atoms with Gasteiger partial charge in [-0.15, -0.1) is 11.3 Å². The average Bonchev–Trinajstić information content (AvgIpc) is 3.78. The van der Waals surface area contributed by atoms with Gasteiger partial charge in [0.15, 0.2) is 0 Å². The highest BCUT2D eigenvalue weighted by molar-refractivity contribution is 7.26. The highest BCUT2D eigenvalue weighted by Crippen LogP contribution is 2.48. The summed E-state index contributed by atoms with van der Waals surface area (Å²) < 4.78 is 13.9. The monoisotopic (exact) mass is 648 g/mol. The predicted octanol–water partition coefficient (Wildman–Crippen LogP) is 11.5. The summed E-state index contributed by atoms with van der Waals surface area (Å²) in [5.41, 5.74) is 6.92. The van der Waals surface area contributed by atoms with Crippen molar-refractivity contribution >= 4 is 75.1 Å². The molecule has 0 saturated carbocycles. The number of hydrogen-bond acceptors (Lipinski definition) is 4. The lowest BCUT2D eigenvalue weighted by Gasteiger charge is -2.33. The Bertz CT molecular complexity index is 3000. The molecule has 10 aromatic rings. The fourth-order valence-electron chi connectivity index (χ4n) is 8.26. The number of para-hydroxylation sites is 1. The van der Waals surface area contributed by atoms with Gasteiger partial charge in [0.05, 0.1) is 22.1 Å². The normalized spacial score (nSPS) is 13.7. The van der Waals surface area contributed by atoms with E-state index in [1.54, 1.807) is 0 Å². The SMILES string of the molecule is CC1(C)c2cccnc2-n2c3cc(Oc4ccc5c6ccc7sc8ccccc8c7c6n(-c6ccccn6)c5c4)ccc3c3cccc1c32. The molecule has 0 bridgehead atoms. The van der Waals surface area contributed by atoms with Crippen LogP contribution in [0.4, 0.5) is 0 Å². The van der Waals surface area contributed by atoms with Crippen LogP contribution in [0.15, 0.2) is 134 Å². The molecule has 0 N–H and O–H groups in total. The summed E-state index contributed by atoms with van der Waals surface area (Å²) in [5, 5.41) is 7.32. The van der Waals surface area contributed by atoms with Crippen LogP contribution >= 0.6 is 11.3 Å². The molecule has 5 aromatic carbocycles. The molecule has 1 aliphatic heterocycles. The second-order valence-electron chi connectivity index (χ2n) is 13.5. The summed E-state index contributed by atoms with van der Waals surface area (Å²) in [7, 11) is 0. The van der Waals surface area contributed by atoms with Gasteiger partial charge in [0, 0.05) is 77.2 Å². The van der Waals surface area contributed by atoms with Gasteiger partial charge < -0.3 is 4.74 Å². The van der Waals surface area contributed by atoms with Crippen LogP contribution < -0.4 is 4.74 Å². The maximum atomic E-state index is 6.73. The minimum atomic E-state index is -0.158. The number of ether oxygens (including phenoxy) is 1. The molecule has 0 radical (unpaired) electrons. The fraction of sp³-hybridized carbons (Fsp3) is 0.0698. The highest BCUT2D eigenvalue weighted by Gasteiger charge is 2.35. The second-order valence-corrected chi connectivity index (χ2v) is 14.5. The first kappa shape index (κ1) is 27.0. The van der Waals surface area contributed by atoms with Crippen LogP contribution in [0.25, 0.3) is 75.4 Å². The lowest BCUT2D eigenvalue weighted by molar-refractivity contribution is 0.484. The van der Waals surface area contributed by atoms with E-state index in [0.717, 1.165) is 34.2 Å². The molecule has 6 heterocycles. The molecule has 0 fully saturated rings. The molecule has 0 saturated heterocycles. The summed E-state index contributed by atoms with van der Waals surface area (Å²) >= 11 is 1.84. The minimum absolute atomic E-state index is 0.158. The standard InChI is InChI=1S/C43H28N4OS/c1-43(2)32-11-7-10-29-27-17-15-26(24-35(27)47(40(29)32)42-33(43)12-8-22-45-42)48-25-16-18-28-30-19-20-37-39(31-9-3-4-13-36(31)49-37)41(30)46(34(28)23-25)38-14-5-6-21-44-38/h3-24H,1-2H3. The molecule has 0 aliphatic carbocycles. The Morgan fingerprint density at radius 2 is 1.24 bits per heavy atom. The number of fused-ring (bicyclic) bond motifs is 12. The zero-order valence-electron chi connectivity index (χ0n) is 26.8. The summed E-state index contributed by atoms with van der Waals surface area (Å²) in [6, 6.07) is 43.1. The van der Waals surface area contributed by atoms with Gasteiger partial charge in [-0.2, -0.15) is 0 Å². The first-order valence-electron chi connectivity index (χ1n) is 16.6. The lowest BCUT2D eigenvalue weighted by Crippen LogP contribution is -2.26. The predicted molar refractivity (Wildman–Crippen MR) is 202 cm³/mol. The number of benzene rings is 5. The molecule has 11 rings (SSSR count). The van der Waals surface area contributed by atoms with Crippen LogP contribution in [-0.4, -0.2) is 19.1 Å². The van der Waals surface area contributed by atoms with Gasteiger partial charge in [-0.25, -0.2) is 9.97 Å². The van der Waals surface area contributed by atoms with E-state index < -0.39 is 0 Å². The largest absolute Gasteiger partial charge is 0.457 e. The molecule has 0 amide bonds. The number of hydrogen-bond donors (Lipinski definition) is 0. The number of rotatable bonds is 3. The van der Waals surface area contributed by atoms with Crippen LogP contribution in [0.3, 0.4) is 0 Å². The molecule has 6 heteroatoms. The molecule has 49 heavy (non-hydrogen) atoms. The van der Waals surface area contributed by atoms with Crippen LogP contribution in [-0.2, 0) is 5.41 Å². The molecular weight excluding hydrogens is 621 g/mol. The molecule has 232 valence electrons. The Hall–Kier alpha value is -5.98. The summed E-state index contributed by atoms with van der Waals surface area (Å²) in [6.07, 6.45) is 3.76. The number of pyridine rings is 2. The van der Waals surface area contributed by atoms with Gasteiger partial charge in [-0.05, 0) is 60.2 Å². The molecule has 1 aliphatic rings. The minimum Gasteiger partial charge on any atom is -0.457 e. The summed E-state index contributed by atoms with van der Waals surface area (Å²) in [6.45, 7) is 4.59. The Kier molecular flexibility index (Phi) is 5.27. The molecule has 0 spiro atoms. The zero-order chi connectivity index (χ0) is 32.4. The van der Waals surface area contributed by atoms with E-state index in [4.69, 9.17) is 14.7 Å². The third-order valence-electron chi connectivity index (χ3n) is 10.5. The molecule has 0 unspecified atom stereocenters. The van der Waals surface area contributed by atoms with Crippen LogP contribution in [0, 0.1) is 0 Å². The van der Waals surface area contributed by atoms with Gasteiger partial charge in [0.1, 0.15) is 23.1 Å². The maximum Gasteiger partial charge on any atom is 0.141 e. The zero-order valence-corrected chi connectivity index (χ0v) is 27.6. The van der Waals surface area contributed by atoms with Crippen LogP contribution in [0.5, 0.6) is 11.5 Å². The number of aromatic nitrogens is 4. The first-order valence-corrected chi connectivity index (χ1v) is 17.4. The Balaban J connectivity index is 1.13. The van der Waals surface area contributed by atoms with Crippen molar-refractivity contribution in [2.24, 2.45) is 0 Å². The van der Waals surface area contributed by atoms with Crippen molar-refractivity contribution in [3.63, 3.8) is 0 Å². The Labute approximate surface area is 285 Å². The highest BCUT2D eigenvalue weighted by atomic mass is 32.1. The molecule has 5 nitrogen and oxygen atoms in total. The van der Waals surface area contributed by atoms with E-state index in [2.05, 4.69) is 132 Å². The van der Waals surface area contributed by atoms with E-state index >= 15 is 0 Å². The molecular formula is C43H28N4OS. The third-order valence-corrected chi connectivity index (χ3v) is 11.6. The number of thiophene rings is 1. The maximum absolute atomic E-state index is 6.73. The van der Waals surface area contributed by atoms with Crippen molar-refractivity contribution in [2.45, 2.75) is 19.3 Å². The van der Waals surface area contributed by atoms with Gasteiger partial charge in [-0.3, -0.25) is 9.13 Å². The molecule has 5 aromatic heterocycles. The summed E-state index contributed by atoms with van der Waals surface area (Å²) in [5.74, 6) is 3.42. The van der Waals surface area contributed by atoms with Crippen LogP contribution in [0.2, 0.25) is 0 Å². The topological polar surface area (TPSA) is 44.9 Å². The van der Waals surface area contributed by atoms with Gasteiger partial charge in [0.25, 0.3) is 0 Å². The summed E-state index contributed by atoms with van der Waals surface area (Å²) in [4.78, 5) is 9.76. The van der Waals surface area contributed by atoms with E-state index in [0.29, 0.717) is 0 Å². The molecule has 0 atom stereocenters. The average molecular weight is 649 g/mol. The van der Waals surface area contributed by atoms with Gasteiger partial charge in [-0.1, -0.05) is 68.4 Å². The Morgan fingerprint density at radius 1 is 0.551 bits per heavy atom. The lowest BCUT2D eigenvalue weighted by atomic mass is 9.76. The number of nitrogens with zero attached hydrogens (tertiary/aromatic N) is 4. The fourth-order valence-corrected chi connectivity index (χ4v) is 9.37. The second kappa shape index (κ2) is 9.56. The van der Waals surface area contributed by atoms with Gasteiger partial charge in [0.2, 0.25) is 0 Å². The van der Waals surface area contributed by atoms with Crippen LogP contribution in [0.1, 0.15) is 25.0 Å². The van der Waals surface area contributed by atoms with Crippen molar-refractivity contribution in [2.75, 3.05) is 0 Å². The third kappa shape index (κ3) is 3.58. The van der Waals surface area contributed by atoms with Crippen molar-refractivity contribution in [3.8, 4) is 23.1 Å². The Morgan fingerprint density at radius 3 is 2.06 bits per heavy atom.